The average Bonchev–Trinajstić information content (AvgIpc) is 2.60. The number of alkyl halides is 3. The summed E-state index contributed by atoms with van der Waals surface area (Å²) in [5.41, 5.74) is -5.58. The van der Waals surface area contributed by atoms with E-state index in [1.54, 1.807) is 27.7 Å². The minimum absolute atomic E-state index is 0.113. The predicted molar refractivity (Wildman–Crippen MR) is 109 cm³/mol. The number of ether oxygens (including phenoxy) is 2. The Morgan fingerprint density at radius 3 is 2.16 bits per heavy atom. The van der Waals surface area contributed by atoms with E-state index >= 15 is 0 Å². The highest BCUT2D eigenvalue weighted by molar-refractivity contribution is 7.88. The zero-order valence-corrected chi connectivity index (χ0v) is 19.1. The van der Waals surface area contributed by atoms with Crippen LogP contribution in [0.3, 0.4) is 0 Å². The zero-order chi connectivity index (χ0) is 24.7. The molecule has 1 aromatic rings. The summed E-state index contributed by atoms with van der Waals surface area (Å²) in [4.78, 5) is 24.1. The van der Waals surface area contributed by atoms with Crippen molar-refractivity contribution in [2.24, 2.45) is 0 Å². The van der Waals surface area contributed by atoms with Gasteiger partial charge in [0.25, 0.3) is 0 Å². The molecule has 0 saturated carbocycles. The maximum atomic E-state index is 12.4. The number of esters is 1. The first kappa shape index (κ1) is 27.3. The van der Waals surface area contributed by atoms with Crippen LogP contribution >= 0.6 is 0 Å². The first-order chi connectivity index (χ1) is 14.5. The van der Waals surface area contributed by atoms with Crippen LogP contribution in [-0.2, 0) is 30.8 Å². The summed E-state index contributed by atoms with van der Waals surface area (Å²) in [5, 5.41) is 2.60. The van der Waals surface area contributed by atoms with Crippen molar-refractivity contribution < 1.29 is 44.8 Å². The molecule has 1 N–H and O–H groups in total. The predicted octanol–water partition coefficient (Wildman–Crippen LogP) is 3.86. The van der Waals surface area contributed by atoms with Crippen LogP contribution in [0.15, 0.2) is 35.9 Å². The monoisotopic (exact) mass is 481 g/mol. The lowest BCUT2D eigenvalue weighted by Gasteiger charge is -2.23. The van der Waals surface area contributed by atoms with Crippen LogP contribution in [0.25, 0.3) is 0 Å². The zero-order valence-electron chi connectivity index (χ0n) is 18.3. The highest BCUT2D eigenvalue weighted by Crippen LogP contribution is 2.27. The maximum Gasteiger partial charge on any atom is 0.534 e. The lowest BCUT2D eigenvalue weighted by Crippen LogP contribution is -2.39. The number of hydrogen-bond acceptors (Lipinski definition) is 7. The Bertz CT molecular complexity index is 933. The minimum Gasteiger partial charge on any atom is -0.463 e. The van der Waals surface area contributed by atoms with Crippen molar-refractivity contribution in [3.63, 3.8) is 0 Å². The summed E-state index contributed by atoms with van der Waals surface area (Å²) in [5.74, 6) is -1.11. The molecule has 1 aromatic carbocycles. The highest BCUT2D eigenvalue weighted by Gasteiger charge is 2.48. The van der Waals surface area contributed by atoms with Gasteiger partial charge in [0.15, 0.2) is 0 Å². The molecule has 1 amide bonds. The molecule has 0 bridgehead atoms. The summed E-state index contributed by atoms with van der Waals surface area (Å²) in [6.45, 7) is 8.33. The van der Waals surface area contributed by atoms with Gasteiger partial charge in [-0.3, -0.25) is 0 Å². The van der Waals surface area contributed by atoms with E-state index < -0.39 is 45.1 Å². The van der Waals surface area contributed by atoms with Crippen molar-refractivity contribution in [1.29, 1.82) is 0 Å². The Labute approximate surface area is 184 Å². The summed E-state index contributed by atoms with van der Waals surface area (Å²) >= 11 is 0. The molecule has 0 fully saturated rings. The molecule has 0 spiro atoms. The molecule has 0 aliphatic heterocycles. The van der Waals surface area contributed by atoms with E-state index in [2.05, 4.69) is 9.50 Å². The lowest BCUT2D eigenvalue weighted by atomic mass is 10.0. The van der Waals surface area contributed by atoms with E-state index in [0.717, 1.165) is 12.1 Å². The number of nitrogens with one attached hydrogen (secondary N) is 1. The number of rotatable bonds is 8. The fraction of sp³-hybridized carbons (Fsp3) is 0.500. The third kappa shape index (κ3) is 9.16. The van der Waals surface area contributed by atoms with Gasteiger partial charge in [0.1, 0.15) is 11.4 Å². The molecular formula is C20H26F3NO7S. The average molecular weight is 481 g/mol. The Morgan fingerprint density at radius 1 is 1.12 bits per heavy atom. The second-order valence-corrected chi connectivity index (χ2v) is 9.19. The SMILES string of the molecule is CCOC(=O)/C(C)=C/[C@@H](Cc1ccc(OS(=O)(=O)C(F)(F)F)cc1)NC(=O)OC(C)(C)C. The van der Waals surface area contributed by atoms with Gasteiger partial charge in [-0.25, -0.2) is 9.59 Å². The number of amides is 1. The molecule has 1 atom stereocenters. The second kappa shape index (κ2) is 10.7. The van der Waals surface area contributed by atoms with Gasteiger partial charge in [-0.15, -0.1) is 0 Å². The van der Waals surface area contributed by atoms with Crippen molar-refractivity contribution in [1.82, 2.24) is 5.32 Å². The number of carbonyl (C=O) groups is 2. The van der Waals surface area contributed by atoms with Crippen LogP contribution in [0.2, 0.25) is 0 Å². The number of benzene rings is 1. The maximum absolute atomic E-state index is 12.4. The Kier molecular flexibility index (Phi) is 9.13. The van der Waals surface area contributed by atoms with Crippen LogP contribution in [-0.4, -0.2) is 44.2 Å². The van der Waals surface area contributed by atoms with Crippen LogP contribution < -0.4 is 9.50 Å². The molecule has 0 saturated heterocycles. The van der Waals surface area contributed by atoms with Gasteiger partial charge < -0.3 is 19.0 Å². The lowest BCUT2D eigenvalue weighted by molar-refractivity contribution is -0.138. The first-order valence-corrected chi connectivity index (χ1v) is 10.9. The van der Waals surface area contributed by atoms with E-state index in [9.17, 15) is 31.2 Å². The van der Waals surface area contributed by atoms with Crippen LogP contribution in [0.4, 0.5) is 18.0 Å². The second-order valence-electron chi connectivity index (χ2n) is 7.65. The van der Waals surface area contributed by atoms with Gasteiger partial charge in [-0.1, -0.05) is 18.2 Å². The Hall–Kier alpha value is -2.76. The van der Waals surface area contributed by atoms with Gasteiger partial charge in [0, 0.05) is 5.57 Å². The topological polar surface area (TPSA) is 108 Å². The fourth-order valence-electron chi connectivity index (χ4n) is 2.33. The van der Waals surface area contributed by atoms with Crippen LogP contribution in [0.1, 0.15) is 40.2 Å². The molecule has 180 valence electrons. The molecule has 0 radical (unpaired) electrons. The molecule has 0 aliphatic carbocycles. The first-order valence-electron chi connectivity index (χ1n) is 9.49. The van der Waals surface area contributed by atoms with Crippen LogP contribution in [0, 0.1) is 0 Å². The summed E-state index contributed by atoms with van der Waals surface area (Å²) in [6.07, 6.45) is 0.828. The molecule has 12 heteroatoms. The molecule has 0 heterocycles. The summed E-state index contributed by atoms with van der Waals surface area (Å²) in [7, 11) is -5.79. The number of hydrogen-bond donors (Lipinski definition) is 1. The molecule has 1 rings (SSSR count). The summed E-state index contributed by atoms with van der Waals surface area (Å²) in [6, 6.07) is 4.02. The van der Waals surface area contributed by atoms with Crippen molar-refractivity contribution in [2.45, 2.75) is 58.2 Å². The Morgan fingerprint density at radius 2 is 1.69 bits per heavy atom. The molecule has 32 heavy (non-hydrogen) atoms. The molecular weight excluding hydrogens is 455 g/mol. The third-order valence-electron chi connectivity index (χ3n) is 3.62. The number of halogens is 3. The molecule has 0 aromatic heterocycles. The molecule has 8 nitrogen and oxygen atoms in total. The summed E-state index contributed by atoms with van der Waals surface area (Å²) < 4.78 is 73.7. The molecule has 0 aliphatic rings. The van der Waals surface area contributed by atoms with Crippen molar-refractivity contribution in [2.75, 3.05) is 6.61 Å². The van der Waals surface area contributed by atoms with Gasteiger partial charge in [0.2, 0.25) is 0 Å². The normalized spacial score (nSPS) is 13.8. The molecule has 0 unspecified atom stereocenters. The van der Waals surface area contributed by atoms with E-state index in [1.807, 2.05) is 0 Å². The highest BCUT2D eigenvalue weighted by atomic mass is 32.2. The van der Waals surface area contributed by atoms with Crippen LogP contribution in [0.5, 0.6) is 5.75 Å². The van der Waals surface area contributed by atoms with E-state index in [1.165, 1.54) is 25.1 Å². The van der Waals surface area contributed by atoms with Crippen molar-refractivity contribution >= 4 is 22.2 Å². The standard InChI is InChI=1S/C20H26F3NO7S/c1-6-29-17(25)13(2)11-15(24-18(26)30-19(3,4)5)12-14-7-9-16(10-8-14)31-32(27,28)20(21,22)23/h7-11,15H,6,12H2,1-5H3,(H,24,26)/b13-11+/t15-/m0/s1. The number of alkyl carbamates (subject to hydrolysis) is 1. The quantitative estimate of drug-likeness (QED) is 0.260. The third-order valence-corrected chi connectivity index (χ3v) is 4.60. The van der Waals surface area contributed by atoms with Crippen molar-refractivity contribution in [3.8, 4) is 5.75 Å². The smallest absolute Gasteiger partial charge is 0.463 e. The van der Waals surface area contributed by atoms with Gasteiger partial charge in [0.05, 0.1) is 12.6 Å². The van der Waals surface area contributed by atoms with E-state index in [0.29, 0.717) is 5.56 Å². The van der Waals surface area contributed by atoms with Gasteiger partial charge in [-0.05, 0) is 58.7 Å². The minimum atomic E-state index is -5.79. The van der Waals surface area contributed by atoms with Gasteiger partial charge in [-0.2, -0.15) is 21.6 Å². The fourth-order valence-corrected chi connectivity index (χ4v) is 2.79. The van der Waals surface area contributed by atoms with Gasteiger partial charge >= 0.3 is 27.7 Å². The van der Waals surface area contributed by atoms with E-state index in [-0.39, 0.29) is 18.6 Å². The largest absolute Gasteiger partial charge is 0.534 e. The Balaban J connectivity index is 3.04. The van der Waals surface area contributed by atoms with E-state index in [4.69, 9.17) is 9.47 Å². The van der Waals surface area contributed by atoms with Crippen molar-refractivity contribution in [3.05, 3.63) is 41.5 Å². The number of carbonyl (C=O) groups excluding carboxylic acids is 2.